The van der Waals surface area contributed by atoms with Crippen LogP contribution < -0.4 is 21.5 Å². The summed E-state index contributed by atoms with van der Waals surface area (Å²) in [5.74, 6) is 0.00458. The number of hydrogen-bond donors (Lipinski definition) is 3. The van der Waals surface area contributed by atoms with Gasteiger partial charge in [-0.25, -0.2) is 19.3 Å². The van der Waals surface area contributed by atoms with Gasteiger partial charge in [0.2, 0.25) is 0 Å². The number of nitrogens with zero attached hydrogens (tertiary/aromatic N) is 7. The van der Waals surface area contributed by atoms with Crippen LogP contribution in [-0.2, 0) is 0 Å². The van der Waals surface area contributed by atoms with Gasteiger partial charge in [0.1, 0.15) is 34.8 Å². The maximum Gasteiger partial charge on any atom is 0.280 e. The molecule has 1 aliphatic carbocycles. The molecule has 0 radical (unpaired) electrons. The number of pyridine rings is 1. The van der Waals surface area contributed by atoms with Gasteiger partial charge in [0.15, 0.2) is 11.5 Å². The molecule has 1 saturated carbocycles. The molecule has 3 N–H and O–H groups in total. The van der Waals surface area contributed by atoms with Crippen molar-refractivity contribution in [3.8, 4) is 5.82 Å². The molecule has 2 atom stereocenters. The third kappa shape index (κ3) is 4.72. The highest BCUT2D eigenvalue weighted by molar-refractivity contribution is 6.30. The first-order valence-corrected chi connectivity index (χ1v) is 11.8. The van der Waals surface area contributed by atoms with Crippen LogP contribution in [0.2, 0.25) is 5.02 Å². The fourth-order valence-electron chi connectivity index (χ4n) is 3.66. The highest BCUT2D eigenvalue weighted by Gasteiger charge is 2.39. The number of hydrogen-bond acceptors (Lipinski definition) is 9. The van der Waals surface area contributed by atoms with E-state index in [1.807, 2.05) is 0 Å². The molecule has 0 unspecified atom stereocenters. The largest absolute Gasteiger partial charge is 0.373 e. The maximum atomic E-state index is 13.3. The van der Waals surface area contributed by atoms with E-state index in [1.54, 1.807) is 27.2 Å². The SMILES string of the molecule is CNc1cc(Nc2cc(Cl)cn(-c3cnc(C(=O)N(C)C)cn3)c2=O)nc2c(C(=O)N[C@H]3C[C@H]3F)cnn12. The van der Waals surface area contributed by atoms with Crippen LogP contribution >= 0.6 is 11.6 Å². The average molecular weight is 541 g/mol. The fraction of sp³-hybridized carbons (Fsp3) is 0.261. The Kier molecular flexibility index (Phi) is 6.40. The first-order valence-electron chi connectivity index (χ1n) is 11.4. The predicted molar refractivity (Wildman–Crippen MR) is 137 cm³/mol. The number of nitrogens with one attached hydrogen (secondary N) is 3. The number of fused-ring (bicyclic) bond motifs is 1. The van der Waals surface area contributed by atoms with Gasteiger partial charge < -0.3 is 20.9 Å². The minimum atomic E-state index is -1.06. The fourth-order valence-corrected chi connectivity index (χ4v) is 3.86. The Bertz CT molecular complexity index is 1620. The lowest BCUT2D eigenvalue weighted by atomic mass is 10.3. The predicted octanol–water partition coefficient (Wildman–Crippen LogP) is 1.65. The van der Waals surface area contributed by atoms with Crippen molar-refractivity contribution >= 4 is 46.4 Å². The topological polar surface area (TPSA) is 151 Å². The Morgan fingerprint density at radius 2 is 1.95 bits per heavy atom. The summed E-state index contributed by atoms with van der Waals surface area (Å²) >= 11 is 6.29. The van der Waals surface area contributed by atoms with Crippen LogP contribution in [-0.4, -0.2) is 79.2 Å². The summed E-state index contributed by atoms with van der Waals surface area (Å²) in [5, 5.41) is 12.9. The molecule has 1 aliphatic rings. The second kappa shape index (κ2) is 9.70. The van der Waals surface area contributed by atoms with Crippen LogP contribution in [0, 0.1) is 0 Å². The lowest BCUT2D eigenvalue weighted by Gasteiger charge is -2.13. The molecular weight excluding hydrogens is 519 g/mol. The van der Waals surface area contributed by atoms with Crippen molar-refractivity contribution < 1.29 is 14.0 Å². The molecule has 4 aromatic rings. The van der Waals surface area contributed by atoms with E-state index in [1.165, 1.54) is 44.8 Å². The molecule has 0 spiro atoms. The molecule has 4 heterocycles. The summed E-state index contributed by atoms with van der Waals surface area (Å²) in [6.45, 7) is 0. The van der Waals surface area contributed by atoms with E-state index in [0.717, 1.165) is 0 Å². The monoisotopic (exact) mass is 540 g/mol. The molecule has 5 rings (SSSR count). The van der Waals surface area contributed by atoms with E-state index in [-0.39, 0.29) is 51.6 Å². The smallest absolute Gasteiger partial charge is 0.280 e. The van der Waals surface area contributed by atoms with Crippen molar-refractivity contribution in [2.24, 2.45) is 0 Å². The number of carbonyl (C=O) groups excluding carboxylic acids is 2. The highest BCUT2D eigenvalue weighted by Crippen LogP contribution is 2.26. The van der Waals surface area contributed by atoms with Gasteiger partial charge in [-0.3, -0.25) is 19.0 Å². The van der Waals surface area contributed by atoms with Crippen LogP contribution in [0.4, 0.5) is 21.7 Å². The first-order chi connectivity index (χ1) is 18.2. The molecule has 15 heteroatoms. The number of carbonyl (C=O) groups is 2. The van der Waals surface area contributed by atoms with Crippen LogP contribution in [0.3, 0.4) is 0 Å². The zero-order valence-electron chi connectivity index (χ0n) is 20.4. The van der Waals surface area contributed by atoms with Crippen LogP contribution in [0.25, 0.3) is 11.5 Å². The van der Waals surface area contributed by atoms with Crippen LogP contribution in [0.15, 0.2) is 41.7 Å². The Labute approximate surface area is 219 Å². The average Bonchev–Trinajstić information content (AvgIpc) is 3.41. The molecule has 0 aromatic carbocycles. The Morgan fingerprint density at radius 1 is 1.18 bits per heavy atom. The van der Waals surface area contributed by atoms with Gasteiger partial charge in [0.05, 0.1) is 29.7 Å². The van der Waals surface area contributed by atoms with E-state index >= 15 is 0 Å². The summed E-state index contributed by atoms with van der Waals surface area (Å²) in [6, 6.07) is 2.48. The molecule has 0 saturated heterocycles. The van der Waals surface area contributed by atoms with Crippen molar-refractivity contribution in [1.82, 2.24) is 39.3 Å². The standard InChI is InChI=1S/C23H22ClFN10O3/c1-26-18-6-17(32-20-12(7-29-35(18)20)21(36)31-14-5-13(14)25)30-15-4-11(24)10-34(23(15)38)19-9-27-16(8-28-19)22(37)33(2)3/h4,6-10,13-14,26H,5H2,1-3H3,(H,30,32)(H,31,36)/t13-,14+/m1/s1. The van der Waals surface area contributed by atoms with E-state index < -0.39 is 23.7 Å². The van der Waals surface area contributed by atoms with Gasteiger partial charge in [-0.05, 0) is 6.07 Å². The summed E-state index contributed by atoms with van der Waals surface area (Å²) in [7, 11) is 4.84. The highest BCUT2D eigenvalue weighted by atomic mass is 35.5. The molecule has 196 valence electrons. The van der Waals surface area contributed by atoms with Gasteiger partial charge in [0, 0.05) is 39.8 Å². The summed E-state index contributed by atoms with van der Waals surface area (Å²) in [4.78, 5) is 52.2. The van der Waals surface area contributed by atoms with Gasteiger partial charge in [0.25, 0.3) is 17.4 Å². The van der Waals surface area contributed by atoms with Crippen LogP contribution in [0.5, 0.6) is 0 Å². The number of aromatic nitrogens is 6. The molecule has 38 heavy (non-hydrogen) atoms. The van der Waals surface area contributed by atoms with Crippen LogP contribution in [0.1, 0.15) is 27.3 Å². The van der Waals surface area contributed by atoms with Gasteiger partial charge >= 0.3 is 0 Å². The second-order valence-electron chi connectivity index (χ2n) is 8.73. The minimum absolute atomic E-state index is 0.0652. The third-order valence-electron chi connectivity index (χ3n) is 5.76. The Balaban J connectivity index is 1.49. The van der Waals surface area contributed by atoms with Crippen molar-refractivity contribution in [3.63, 3.8) is 0 Å². The minimum Gasteiger partial charge on any atom is -0.373 e. The van der Waals surface area contributed by atoms with Gasteiger partial charge in [-0.2, -0.15) is 9.61 Å². The van der Waals surface area contributed by atoms with Gasteiger partial charge in [-0.1, -0.05) is 11.6 Å². The number of amides is 2. The Hall–Kier alpha value is -4.59. The molecule has 2 amide bonds. The quantitative estimate of drug-likeness (QED) is 0.318. The summed E-state index contributed by atoms with van der Waals surface area (Å²) in [6.07, 6.45) is 4.49. The Morgan fingerprint density at radius 3 is 2.58 bits per heavy atom. The van der Waals surface area contributed by atoms with Gasteiger partial charge in [-0.15, -0.1) is 0 Å². The molecule has 0 aliphatic heterocycles. The maximum absolute atomic E-state index is 13.3. The summed E-state index contributed by atoms with van der Waals surface area (Å²) < 4.78 is 15.9. The zero-order chi connectivity index (χ0) is 27.1. The lowest BCUT2D eigenvalue weighted by Crippen LogP contribution is -2.27. The third-order valence-corrected chi connectivity index (χ3v) is 5.97. The van der Waals surface area contributed by atoms with Crippen molar-refractivity contribution in [2.45, 2.75) is 18.6 Å². The second-order valence-corrected chi connectivity index (χ2v) is 9.17. The van der Waals surface area contributed by atoms with Crippen molar-refractivity contribution in [1.29, 1.82) is 0 Å². The van der Waals surface area contributed by atoms with E-state index in [9.17, 15) is 18.8 Å². The van der Waals surface area contributed by atoms with E-state index in [0.29, 0.717) is 5.82 Å². The molecular formula is C23H22ClFN10O3. The lowest BCUT2D eigenvalue weighted by molar-refractivity contribution is 0.0821. The number of halogens is 2. The van der Waals surface area contributed by atoms with Crippen molar-refractivity contribution in [3.05, 3.63) is 63.6 Å². The van der Waals surface area contributed by atoms with E-state index in [4.69, 9.17) is 11.6 Å². The zero-order valence-corrected chi connectivity index (χ0v) is 21.2. The molecule has 1 fully saturated rings. The van der Waals surface area contributed by atoms with E-state index in [2.05, 4.69) is 36.0 Å². The normalized spacial score (nSPS) is 16.2. The number of rotatable bonds is 7. The number of anilines is 3. The number of alkyl halides is 1. The molecule has 0 bridgehead atoms. The molecule has 4 aromatic heterocycles. The van der Waals surface area contributed by atoms with Crippen molar-refractivity contribution in [2.75, 3.05) is 31.8 Å². The molecule has 13 nitrogen and oxygen atoms in total. The first kappa shape index (κ1) is 25.1. The summed E-state index contributed by atoms with van der Waals surface area (Å²) in [5.41, 5.74) is 0.0130.